The van der Waals surface area contributed by atoms with E-state index in [1.165, 1.54) is 0 Å². The van der Waals surface area contributed by atoms with Gasteiger partial charge in [-0.1, -0.05) is 0 Å². The predicted octanol–water partition coefficient (Wildman–Crippen LogP) is 1.97. The van der Waals surface area contributed by atoms with Crippen LogP contribution >= 0.6 is 0 Å². The number of imidazole rings is 1. The number of hydrogen-bond acceptors (Lipinski definition) is 5. The minimum Gasteiger partial charge on any atom is -0.497 e. The highest BCUT2D eigenvalue weighted by atomic mass is 16.5. The molecule has 3 aromatic rings. The van der Waals surface area contributed by atoms with Crippen molar-refractivity contribution in [2.75, 3.05) is 33.4 Å². The maximum Gasteiger partial charge on any atom is 0.254 e. The highest BCUT2D eigenvalue weighted by molar-refractivity contribution is 5.97. The molecule has 1 aliphatic rings. The van der Waals surface area contributed by atoms with Gasteiger partial charge >= 0.3 is 0 Å². The van der Waals surface area contributed by atoms with Gasteiger partial charge in [-0.3, -0.25) is 9.59 Å². The SMILES string of the molecule is COc1ccc2nc(CNC(=O)c3ccc(C(=O)N4CCOCC4)cc3)[nH]c2c1. The van der Waals surface area contributed by atoms with Crippen molar-refractivity contribution in [3.63, 3.8) is 0 Å². The van der Waals surface area contributed by atoms with Crippen molar-refractivity contribution in [2.24, 2.45) is 0 Å². The second kappa shape index (κ2) is 8.32. The molecule has 0 unspecified atom stereocenters. The van der Waals surface area contributed by atoms with E-state index in [-0.39, 0.29) is 18.4 Å². The molecule has 2 aromatic carbocycles. The van der Waals surface area contributed by atoms with Crippen LogP contribution in [-0.4, -0.2) is 60.1 Å². The smallest absolute Gasteiger partial charge is 0.254 e. The predicted molar refractivity (Wildman–Crippen MR) is 107 cm³/mol. The van der Waals surface area contributed by atoms with E-state index in [1.807, 2.05) is 18.2 Å². The van der Waals surface area contributed by atoms with Gasteiger partial charge in [-0.2, -0.15) is 0 Å². The first-order valence-corrected chi connectivity index (χ1v) is 9.42. The van der Waals surface area contributed by atoms with E-state index in [0.717, 1.165) is 16.8 Å². The minimum absolute atomic E-state index is 0.0436. The third-order valence-corrected chi connectivity index (χ3v) is 4.85. The molecule has 0 bridgehead atoms. The Labute approximate surface area is 167 Å². The molecule has 4 rings (SSSR count). The van der Waals surface area contributed by atoms with E-state index in [4.69, 9.17) is 9.47 Å². The Bertz CT molecular complexity index is 1020. The first-order valence-electron chi connectivity index (χ1n) is 9.42. The number of H-pyrrole nitrogens is 1. The number of amides is 2. The molecule has 150 valence electrons. The van der Waals surface area contributed by atoms with Gasteiger partial charge in [0.05, 0.1) is 37.9 Å². The molecule has 0 atom stereocenters. The molecule has 29 heavy (non-hydrogen) atoms. The number of benzene rings is 2. The fourth-order valence-corrected chi connectivity index (χ4v) is 3.23. The number of ether oxygens (including phenoxy) is 2. The summed E-state index contributed by atoms with van der Waals surface area (Å²) in [5.41, 5.74) is 2.71. The largest absolute Gasteiger partial charge is 0.497 e. The van der Waals surface area contributed by atoms with Crippen LogP contribution in [0.25, 0.3) is 11.0 Å². The number of aromatic amines is 1. The average molecular weight is 394 g/mol. The Hall–Kier alpha value is -3.39. The second-order valence-electron chi connectivity index (χ2n) is 6.73. The lowest BCUT2D eigenvalue weighted by Gasteiger charge is -2.26. The monoisotopic (exact) mass is 394 g/mol. The van der Waals surface area contributed by atoms with Crippen LogP contribution in [0.3, 0.4) is 0 Å². The zero-order valence-electron chi connectivity index (χ0n) is 16.1. The molecule has 8 nitrogen and oxygen atoms in total. The van der Waals surface area contributed by atoms with Crippen LogP contribution in [0, 0.1) is 0 Å². The van der Waals surface area contributed by atoms with Crippen LogP contribution < -0.4 is 10.1 Å². The van der Waals surface area contributed by atoms with Crippen molar-refractivity contribution in [3.05, 3.63) is 59.4 Å². The molecule has 2 amide bonds. The quantitative estimate of drug-likeness (QED) is 0.690. The molecule has 1 saturated heterocycles. The number of carbonyl (C=O) groups is 2. The molecular formula is C21H22N4O4. The number of nitrogens with zero attached hydrogens (tertiary/aromatic N) is 2. The first kappa shape index (κ1) is 18.9. The summed E-state index contributed by atoms with van der Waals surface area (Å²) in [5, 5.41) is 2.84. The number of carbonyl (C=O) groups excluding carboxylic acids is 2. The van der Waals surface area contributed by atoms with E-state index in [2.05, 4.69) is 15.3 Å². The first-order chi connectivity index (χ1) is 14.1. The van der Waals surface area contributed by atoms with Crippen LogP contribution in [-0.2, 0) is 11.3 Å². The number of nitrogens with one attached hydrogen (secondary N) is 2. The van der Waals surface area contributed by atoms with Gasteiger partial charge < -0.3 is 24.7 Å². The second-order valence-corrected chi connectivity index (χ2v) is 6.73. The summed E-state index contributed by atoms with van der Waals surface area (Å²) in [7, 11) is 1.61. The molecule has 8 heteroatoms. The van der Waals surface area contributed by atoms with Crippen LogP contribution in [0.1, 0.15) is 26.5 Å². The van der Waals surface area contributed by atoms with Crippen molar-refractivity contribution >= 4 is 22.8 Å². The van der Waals surface area contributed by atoms with Crippen molar-refractivity contribution in [3.8, 4) is 5.75 Å². The van der Waals surface area contributed by atoms with E-state index in [0.29, 0.717) is 43.3 Å². The molecule has 0 spiro atoms. The summed E-state index contributed by atoms with van der Waals surface area (Å²) in [4.78, 5) is 34.3. The molecule has 2 N–H and O–H groups in total. The van der Waals surface area contributed by atoms with E-state index in [9.17, 15) is 9.59 Å². The number of aromatic nitrogens is 2. The van der Waals surface area contributed by atoms with E-state index >= 15 is 0 Å². The number of morpholine rings is 1. The Morgan fingerprint density at radius 1 is 1.14 bits per heavy atom. The summed E-state index contributed by atoms with van der Waals surface area (Å²) >= 11 is 0. The van der Waals surface area contributed by atoms with Crippen LogP contribution in [0.4, 0.5) is 0 Å². The average Bonchev–Trinajstić information content (AvgIpc) is 3.19. The number of hydrogen-bond donors (Lipinski definition) is 2. The molecular weight excluding hydrogens is 372 g/mol. The lowest BCUT2D eigenvalue weighted by Crippen LogP contribution is -2.40. The number of rotatable bonds is 5. The third kappa shape index (κ3) is 4.22. The molecule has 2 heterocycles. The van der Waals surface area contributed by atoms with Gasteiger partial charge in [0.2, 0.25) is 0 Å². The fraction of sp³-hybridized carbons (Fsp3) is 0.286. The number of fused-ring (bicyclic) bond motifs is 1. The van der Waals surface area contributed by atoms with Gasteiger partial charge in [0.25, 0.3) is 11.8 Å². The van der Waals surface area contributed by atoms with Crippen LogP contribution in [0.5, 0.6) is 5.75 Å². The van der Waals surface area contributed by atoms with Crippen molar-refractivity contribution in [1.82, 2.24) is 20.2 Å². The van der Waals surface area contributed by atoms with Crippen LogP contribution in [0.15, 0.2) is 42.5 Å². The number of methoxy groups -OCH3 is 1. The standard InChI is InChI=1S/C21H22N4O4/c1-28-16-6-7-17-18(12-16)24-19(23-17)13-22-20(26)14-2-4-15(5-3-14)21(27)25-8-10-29-11-9-25/h2-7,12H,8-11,13H2,1H3,(H,22,26)(H,23,24). The Morgan fingerprint density at radius 3 is 2.59 bits per heavy atom. The van der Waals surface area contributed by atoms with Gasteiger partial charge in [0.1, 0.15) is 11.6 Å². The molecule has 1 aromatic heterocycles. The van der Waals surface area contributed by atoms with Gasteiger partial charge in [0, 0.05) is 30.3 Å². The van der Waals surface area contributed by atoms with Crippen molar-refractivity contribution in [2.45, 2.75) is 6.54 Å². The summed E-state index contributed by atoms with van der Waals surface area (Å²) in [5.74, 6) is 1.12. The maximum absolute atomic E-state index is 12.5. The van der Waals surface area contributed by atoms with Gasteiger partial charge in [0.15, 0.2) is 0 Å². The molecule has 0 radical (unpaired) electrons. The topological polar surface area (TPSA) is 96.5 Å². The van der Waals surface area contributed by atoms with Crippen molar-refractivity contribution in [1.29, 1.82) is 0 Å². The summed E-state index contributed by atoms with van der Waals surface area (Å²) in [6.07, 6.45) is 0. The normalized spacial score (nSPS) is 14.0. The van der Waals surface area contributed by atoms with Gasteiger partial charge in [-0.25, -0.2) is 4.98 Å². The Kier molecular flexibility index (Phi) is 5.44. The van der Waals surface area contributed by atoms with E-state index < -0.39 is 0 Å². The van der Waals surface area contributed by atoms with Gasteiger partial charge in [-0.15, -0.1) is 0 Å². The summed E-state index contributed by atoms with van der Waals surface area (Å²) in [6, 6.07) is 12.2. The van der Waals surface area contributed by atoms with E-state index in [1.54, 1.807) is 36.3 Å². The molecule has 0 saturated carbocycles. The highest BCUT2D eigenvalue weighted by Crippen LogP contribution is 2.18. The summed E-state index contributed by atoms with van der Waals surface area (Å²) in [6.45, 7) is 2.56. The van der Waals surface area contributed by atoms with Crippen LogP contribution in [0.2, 0.25) is 0 Å². The zero-order chi connectivity index (χ0) is 20.2. The molecule has 1 aliphatic heterocycles. The third-order valence-electron chi connectivity index (χ3n) is 4.85. The zero-order valence-corrected chi connectivity index (χ0v) is 16.1. The Balaban J connectivity index is 1.37. The van der Waals surface area contributed by atoms with Crippen molar-refractivity contribution < 1.29 is 19.1 Å². The minimum atomic E-state index is -0.228. The summed E-state index contributed by atoms with van der Waals surface area (Å²) < 4.78 is 10.5. The lowest BCUT2D eigenvalue weighted by atomic mass is 10.1. The van der Waals surface area contributed by atoms with Gasteiger partial charge in [-0.05, 0) is 36.4 Å². The molecule has 0 aliphatic carbocycles. The Morgan fingerprint density at radius 2 is 1.86 bits per heavy atom. The lowest BCUT2D eigenvalue weighted by molar-refractivity contribution is 0.0303. The fourth-order valence-electron chi connectivity index (χ4n) is 3.23. The highest BCUT2D eigenvalue weighted by Gasteiger charge is 2.18. The maximum atomic E-state index is 12.5. The molecule has 1 fully saturated rings.